The number of nitrogens with one attached hydrogen (secondary N) is 2. The molecule has 0 aliphatic heterocycles. The lowest BCUT2D eigenvalue weighted by Crippen LogP contribution is -2.37. The number of rotatable bonds is 8. The van der Waals surface area contributed by atoms with Gasteiger partial charge in [0.2, 0.25) is 10.0 Å². The van der Waals surface area contributed by atoms with Crippen molar-refractivity contribution in [2.24, 2.45) is 0 Å². The fraction of sp³-hybridized carbons (Fsp3) is 0.412. The van der Waals surface area contributed by atoms with Crippen LogP contribution < -0.4 is 10.0 Å². The minimum atomic E-state index is -4.56. The van der Waals surface area contributed by atoms with Crippen LogP contribution in [0.15, 0.2) is 41.7 Å². The topological polar surface area (TPSA) is 118 Å². The van der Waals surface area contributed by atoms with Gasteiger partial charge in [-0.1, -0.05) is 6.07 Å². The van der Waals surface area contributed by atoms with Gasteiger partial charge in [-0.2, -0.15) is 13.2 Å². The van der Waals surface area contributed by atoms with E-state index in [0.29, 0.717) is 0 Å². The Kier molecular flexibility index (Phi) is 6.79. The lowest BCUT2D eigenvalue weighted by molar-refractivity contribution is -0.137. The van der Waals surface area contributed by atoms with Crippen LogP contribution in [0.4, 0.5) is 24.7 Å². The van der Waals surface area contributed by atoms with Gasteiger partial charge in [0.05, 0.1) is 22.8 Å². The molecule has 1 heterocycles. The summed E-state index contributed by atoms with van der Waals surface area (Å²) in [4.78, 5) is 7.28. The van der Waals surface area contributed by atoms with Gasteiger partial charge < -0.3 is 5.32 Å². The van der Waals surface area contributed by atoms with E-state index in [9.17, 15) is 30.0 Å². The van der Waals surface area contributed by atoms with Crippen LogP contribution in [0.2, 0.25) is 0 Å². The van der Waals surface area contributed by atoms with Crippen LogP contribution in [-0.4, -0.2) is 44.4 Å². The highest BCUT2D eigenvalue weighted by atomic mass is 32.2. The Hall–Kier alpha value is -2.25. The minimum Gasteiger partial charge on any atom is -0.339 e. The van der Waals surface area contributed by atoms with Crippen LogP contribution in [-0.2, 0) is 26.0 Å². The number of anilines is 2. The first-order chi connectivity index (χ1) is 13.6. The predicted octanol–water partition coefficient (Wildman–Crippen LogP) is 2.73. The molecule has 1 aromatic carbocycles. The van der Waals surface area contributed by atoms with E-state index in [0.717, 1.165) is 30.9 Å². The largest absolute Gasteiger partial charge is 0.416 e. The Balaban J connectivity index is 2.36. The quantitative estimate of drug-likeness (QED) is 0.614. The maximum absolute atomic E-state index is 13.2. The molecule has 0 bridgehead atoms. The highest BCUT2D eigenvalue weighted by Gasteiger charge is 2.38. The smallest absolute Gasteiger partial charge is 0.339 e. The van der Waals surface area contributed by atoms with Crippen molar-refractivity contribution in [1.82, 2.24) is 14.7 Å². The minimum absolute atomic E-state index is 0.00322. The number of alkyl halides is 3. The summed E-state index contributed by atoms with van der Waals surface area (Å²) in [6.07, 6.45) is -1.55. The van der Waals surface area contributed by atoms with E-state index < -0.39 is 36.3 Å². The zero-order valence-electron chi connectivity index (χ0n) is 16.4. The summed E-state index contributed by atoms with van der Waals surface area (Å²) in [5, 5.41) is 2.60. The third kappa shape index (κ3) is 5.89. The Labute approximate surface area is 172 Å². The second-order valence-electron chi connectivity index (χ2n) is 7.12. The zero-order valence-corrected chi connectivity index (χ0v) is 18.0. The molecule has 0 aliphatic carbocycles. The van der Waals surface area contributed by atoms with E-state index in [1.807, 2.05) is 0 Å². The number of halogens is 3. The van der Waals surface area contributed by atoms with E-state index in [1.165, 1.54) is 26.0 Å². The molecule has 0 unspecified atom stereocenters. The number of sulfone groups is 1. The molecule has 8 nitrogen and oxygen atoms in total. The highest BCUT2D eigenvalue weighted by Crippen LogP contribution is 2.34. The average Bonchev–Trinajstić information content (AvgIpc) is 2.60. The normalized spacial score (nSPS) is 13.3. The molecular weight excluding hydrogens is 445 g/mol. The van der Waals surface area contributed by atoms with Crippen LogP contribution in [0.3, 0.4) is 0 Å². The van der Waals surface area contributed by atoms with Crippen LogP contribution in [0.5, 0.6) is 0 Å². The van der Waals surface area contributed by atoms with Gasteiger partial charge >= 0.3 is 6.18 Å². The summed E-state index contributed by atoms with van der Waals surface area (Å²) >= 11 is 0. The van der Waals surface area contributed by atoms with Gasteiger partial charge in [0.25, 0.3) is 0 Å². The molecule has 0 radical (unpaired) electrons. The molecule has 166 valence electrons. The molecule has 30 heavy (non-hydrogen) atoms. The molecule has 0 saturated carbocycles. The summed E-state index contributed by atoms with van der Waals surface area (Å²) < 4.78 is 88.4. The molecule has 1 aromatic heterocycles. The van der Waals surface area contributed by atoms with Gasteiger partial charge in [0.15, 0.2) is 15.7 Å². The zero-order chi connectivity index (χ0) is 22.8. The van der Waals surface area contributed by atoms with Gasteiger partial charge in [0, 0.05) is 12.2 Å². The summed E-state index contributed by atoms with van der Waals surface area (Å²) in [5.74, 6) is -0.187. The van der Waals surface area contributed by atoms with Crippen molar-refractivity contribution < 1.29 is 30.0 Å². The van der Waals surface area contributed by atoms with Crippen LogP contribution in [0.25, 0.3) is 0 Å². The lowest BCUT2D eigenvalue weighted by Gasteiger charge is -2.25. The molecule has 2 N–H and O–H groups in total. The van der Waals surface area contributed by atoms with E-state index in [2.05, 4.69) is 20.0 Å². The van der Waals surface area contributed by atoms with Crippen molar-refractivity contribution in [3.05, 3.63) is 42.4 Å². The van der Waals surface area contributed by atoms with Gasteiger partial charge in [0.1, 0.15) is 11.2 Å². The molecule has 13 heteroatoms. The van der Waals surface area contributed by atoms with Crippen molar-refractivity contribution in [2.75, 3.05) is 18.1 Å². The Bertz CT molecular complexity index is 1120. The van der Waals surface area contributed by atoms with Crippen LogP contribution >= 0.6 is 0 Å². The van der Waals surface area contributed by atoms with Gasteiger partial charge in [-0.25, -0.2) is 31.5 Å². The van der Waals surface area contributed by atoms with E-state index in [1.54, 1.807) is 0 Å². The van der Waals surface area contributed by atoms with Gasteiger partial charge in [-0.05, 0) is 38.5 Å². The maximum atomic E-state index is 13.2. The third-order valence-electron chi connectivity index (χ3n) is 4.24. The molecule has 0 spiro atoms. The molecule has 0 fully saturated rings. The fourth-order valence-electron chi connectivity index (χ4n) is 2.49. The lowest BCUT2D eigenvalue weighted by atomic mass is 10.1. The van der Waals surface area contributed by atoms with Crippen molar-refractivity contribution in [2.45, 2.75) is 36.1 Å². The highest BCUT2D eigenvalue weighted by molar-refractivity contribution is 7.93. The summed E-state index contributed by atoms with van der Waals surface area (Å²) in [5.41, 5.74) is -0.908. The van der Waals surface area contributed by atoms with Crippen LogP contribution in [0.1, 0.15) is 25.8 Å². The monoisotopic (exact) mass is 466 g/mol. The number of sulfonamides is 1. The molecular formula is C17H21F3N4O4S2. The Morgan fingerprint density at radius 1 is 1.10 bits per heavy atom. The SMILES string of the molecule is CC(C)(CCNS(C)(=O)=O)S(=O)(=O)c1cncnc1Nc1cccc(C(F)(F)F)c1. The second-order valence-corrected chi connectivity index (χ2v) is 11.5. The molecule has 0 atom stereocenters. The van der Waals surface area contributed by atoms with Crippen molar-refractivity contribution >= 4 is 31.4 Å². The molecule has 2 aromatic rings. The number of hydrogen-bond acceptors (Lipinski definition) is 7. The second kappa shape index (κ2) is 8.47. The van der Waals surface area contributed by atoms with Crippen molar-refractivity contribution in [1.29, 1.82) is 0 Å². The van der Waals surface area contributed by atoms with E-state index in [4.69, 9.17) is 0 Å². The van der Waals surface area contributed by atoms with Crippen molar-refractivity contribution in [3.8, 4) is 0 Å². The first kappa shape index (κ1) is 24.0. The average molecular weight is 467 g/mol. The predicted molar refractivity (Wildman–Crippen MR) is 105 cm³/mol. The van der Waals surface area contributed by atoms with Gasteiger partial charge in [-0.15, -0.1) is 0 Å². The summed E-state index contributed by atoms with van der Waals surface area (Å²) in [6, 6.07) is 4.25. The molecule has 0 aliphatic rings. The van der Waals surface area contributed by atoms with Crippen LogP contribution in [0, 0.1) is 0 Å². The van der Waals surface area contributed by atoms with Crippen molar-refractivity contribution in [3.63, 3.8) is 0 Å². The third-order valence-corrected chi connectivity index (χ3v) is 7.50. The Morgan fingerprint density at radius 2 is 1.77 bits per heavy atom. The standard InChI is InChI=1S/C17H21F3N4O4S2/c1-16(2,7-8-23-29(3,25)26)30(27,28)14-10-21-11-22-15(14)24-13-6-4-5-12(9-13)17(18,19)20/h4-6,9-11,23H,7-8H2,1-3H3,(H,21,22,24). The number of hydrogen-bond donors (Lipinski definition) is 2. The summed E-state index contributed by atoms with van der Waals surface area (Å²) in [7, 11) is -7.59. The van der Waals surface area contributed by atoms with E-state index >= 15 is 0 Å². The molecule has 0 amide bonds. The molecule has 0 saturated heterocycles. The molecule has 2 rings (SSSR count). The van der Waals surface area contributed by atoms with E-state index in [-0.39, 0.29) is 29.4 Å². The number of nitrogens with zero attached hydrogens (tertiary/aromatic N) is 2. The summed E-state index contributed by atoms with van der Waals surface area (Å²) in [6.45, 7) is 2.70. The van der Waals surface area contributed by atoms with Gasteiger partial charge in [-0.3, -0.25) is 0 Å². The number of aromatic nitrogens is 2. The first-order valence-electron chi connectivity index (χ1n) is 8.57. The number of benzene rings is 1. The first-order valence-corrected chi connectivity index (χ1v) is 11.9. The fourth-order valence-corrected chi connectivity index (χ4v) is 4.48. The maximum Gasteiger partial charge on any atom is 0.416 e. The Morgan fingerprint density at radius 3 is 2.37 bits per heavy atom.